The number of amides is 1. The highest BCUT2D eigenvalue weighted by Gasteiger charge is 2.26. The van der Waals surface area contributed by atoms with Gasteiger partial charge in [-0.1, -0.05) is 0 Å². The number of furan rings is 1. The number of ether oxygens (including phenoxy) is 1. The lowest BCUT2D eigenvalue weighted by Gasteiger charge is -2.34. The van der Waals surface area contributed by atoms with Crippen molar-refractivity contribution in [2.75, 3.05) is 49.5 Å². The van der Waals surface area contributed by atoms with Gasteiger partial charge in [-0.05, 0) is 43.3 Å². The van der Waals surface area contributed by atoms with Crippen LogP contribution >= 0.6 is 0 Å². The van der Waals surface area contributed by atoms with Gasteiger partial charge in [-0.2, -0.15) is 10.2 Å². The van der Waals surface area contributed by atoms with Crippen LogP contribution in [0.25, 0.3) is 11.7 Å². The number of hydrogen-bond acceptors (Lipinski definition) is 8. The molecule has 9 nitrogen and oxygen atoms in total. The zero-order valence-corrected chi connectivity index (χ0v) is 17.2. The van der Waals surface area contributed by atoms with Gasteiger partial charge in [-0.3, -0.25) is 9.69 Å². The SMILES string of the molecule is CCOc1ccc(NC(=O)CN2CCN(c3oc(-c4ccco4)nc3C#N)CC2)cc1. The smallest absolute Gasteiger partial charge is 0.266 e. The molecule has 0 unspecified atom stereocenters. The zero-order chi connectivity index (χ0) is 21.6. The number of oxazole rings is 1. The number of rotatable bonds is 7. The lowest BCUT2D eigenvalue weighted by atomic mass is 10.2. The average molecular weight is 421 g/mol. The number of carbonyl (C=O) groups is 1. The minimum atomic E-state index is -0.0740. The topological polar surface area (TPSA) is 108 Å². The summed E-state index contributed by atoms with van der Waals surface area (Å²) >= 11 is 0. The molecule has 9 heteroatoms. The number of benzene rings is 1. The van der Waals surface area contributed by atoms with Crippen molar-refractivity contribution in [3.8, 4) is 23.5 Å². The van der Waals surface area contributed by atoms with Gasteiger partial charge in [-0.15, -0.1) is 0 Å². The first-order chi connectivity index (χ1) is 15.2. The molecule has 1 amide bonds. The van der Waals surface area contributed by atoms with Gasteiger partial charge in [0.05, 0.1) is 19.4 Å². The van der Waals surface area contributed by atoms with E-state index in [1.165, 1.54) is 6.26 Å². The summed E-state index contributed by atoms with van der Waals surface area (Å²) in [6.45, 7) is 5.40. The summed E-state index contributed by atoms with van der Waals surface area (Å²) in [4.78, 5) is 20.7. The molecule has 1 aromatic carbocycles. The van der Waals surface area contributed by atoms with Crippen LogP contribution in [0.2, 0.25) is 0 Å². The minimum Gasteiger partial charge on any atom is -0.494 e. The molecule has 1 saturated heterocycles. The van der Waals surface area contributed by atoms with E-state index in [0.717, 1.165) is 11.4 Å². The Labute approximate surface area is 179 Å². The average Bonchev–Trinajstić information content (AvgIpc) is 3.46. The predicted octanol–water partition coefficient (Wildman–Crippen LogP) is 2.97. The van der Waals surface area contributed by atoms with Crippen molar-refractivity contribution in [1.29, 1.82) is 5.26 Å². The Morgan fingerprint density at radius 1 is 1.23 bits per heavy atom. The summed E-state index contributed by atoms with van der Waals surface area (Å²) in [7, 11) is 0. The van der Waals surface area contributed by atoms with Gasteiger partial charge < -0.3 is 23.8 Å². The molecule has 0 saturated carbocycles. The van der Waals surface area contributed by atoms with E-state index < -0.39 is 0 Å². The Morgan fingerprint density at radius 3 is 2.65 bits per heavy atom. The van der Waals surface area contributed by atoms with Crippen LogP contribution in [-0.4, -0.2) is 55.1 Å². The van der Waals surface area contributed by atoms with Crippen molar-refractivity contribution < 1.29 is 18.4 Å². The zero-order valence-electron chi connectivity index (χ0n) is 17.2. The number of piperazine rings is 1. The van der Waals surface area contributed by atoms with E-state index in [9.17, 15) is 10.1 Å². The molecule has 4 rings (SSSR count). The Kier molecular flexibility index (Phi) is 6.19. The van der Waals surface area contributed by atoms with E-state index in [0.29, 0.717) is 51.0 Å². The maximum absolute atomic E-state index is 12.4. The van der Waals surface area contributed by atoms with Crippen LogP contribution in [0.1, 0.15) is 12.6 Å². The normalized spacial score (nSPS) is 14.3. The highest BCUT2D eigenvalue weighted by Crippen LogP contribution is 2.29. The molecule has 31 heavy (non-hydrogen) atoms. The standard InChI is InChI=1S/C22H23N5O4/c1-2-29-17-7-5-16(6-8-17)24-20(28)15-26-9-11-27(12-10-26)22-18(14-23)25-21(31-22)19-4-3-13-30-19/h3-8,13H,2,9-12,15H2,1H3,(H,24,28). The van der Waals surface area contributed by atoms with Gasteiger partial charge in [0.15, 0.2) is 5.76 Å². The maximum Gasteiger partial charge on any atom is 0.266 e. The fourth-order valence-corrected chi connectivity index (χ4v) is 3.42. The van der Waals surface area contributed by atoms with Crippen LogP contribution in [0.15, 0.2) is 51.5 Å². The van der Waals surface area contributed by atoms with Gasteiger partial charge in [0.25, 0.3) is 5.89 Å². The first-order valence-corrected chi connectivity index (χ1v) is 10.1. The largest absolute Gasteiger partial charge is 0.494 e. The predicted molar refractivity (Wildman–Crippen MR) is 114 cm³/mol. The van der Waals surface area contributed by atoms with E-state index in [-0.39, 0.29) is 17.5 Å². The summed E-state index contributed by atoms with van der Waals surface area (Å²) in [5.74, 6) is 1.90. The monoisotopic (exact) mass is 421 g/mol. The van der Waals surface area contributed by atoms with Crippen LogP contribution in [0.3, 0.4) is 0 Å². The number of carbonyl (C=O) groups excluding carboxylic acids is 1. The molecule has 1 fully saturated rings. The molecule has 0 bridgehead atoms. The van der Waals surface area contributed by atoms with Gasteiger partial charge in [-0.25, -0.2) is 0 Å². The molecule has 1 aliphatic heterocycles. The highest BCUT2D eigenvalue weighted by molar-refractivity contribution is 5.92. The molecule has 3 aromatic rings. The first-order valence-electron chi connectivity index (χ1n) is 10.1. The van der Waals surface area contributed by atoms with Gasteiger partial charge in [0.1, 0.15) is 11.8 Å². The Hall–Kier alpha value is -3.77. The summed E-state index contributed by atoms with van der Waals surface area (Å²) in [5.41, 5.74) is 0.964. The molecule has 3 heterocycles. The van der Waals surface area contributed by atoms with Crippen LogP contribution in [0.5, 0.6) is 5.75 Å². The number of nitrogens with one attached hydrogen (secondary N) is 1. The van der Waals surface area contributed by atoms with Crippen molar-refractivity contribution in [1.82, 2.24) is 9.88 Å². The summed E-state index contributed by atoms with van der Waals surface area (Å²) in [6.07, 6.45) is 1.53. The fourth-order valence-electron chi connectivity index (χ4n) is 3.42. The molecule has 0 spiro atoms. The molecular formula is C22H23N5O4. The molecule has 0 radical (unpaired) electrons. The summed E-state index contributed by atoms with van der Waals surface area (Å²) in [5, 5.41) is 12.3. The highest BCUT2D eigenvalue weighted by atomic mass is 16.5. The molecule has 160 valence electrons. The second-order valence-electron chi connectivity index (χ2n) is 7.03. The van der Waals surface area contributed by atoms with Crippen molar-refractivity contribution in [3.63, 3.8) is 0 Å². The van der Waals surface area contributed by atoms with Crippen LogP contribution < -0.4 is 15.0 Å². The molecule has 1 N–H and O–H groups in total. The third kappa shape index (κ3) is 4.87. The van der Waals surface area contributed by atoms with Gasteiger partial charge in [0.2, 0.25) is 17.5 Å². The number of aromatic nitrogens is 1. The van der Waals surface area contributed by atoms with Crippen LogP contribution in [0, 0.1) is 11.3 Å². The van der Waals surface area contributed by atoms with Crippen LogP contribution in [-0.2, 0) is 4.79 Å². The second kappa shape index (κ2) is 9.36. The summed E-state index contributed by atoms with van der Waals surface area (Å²) < 4.78 is 16.5. The van der Waals surface area contributed by atoms with Crippen LogP contribution in [0.4, 0.5) is 11.6 Å². The van der Waals surface area contributed by atoms with E-state index >= 15 is 0 Å². The van der Waals surface area contributed by atoms with E-state index in [1.807, 2.05) is 36.1 Å². The first kappa shape index (κ1) is 20.5. The lowest BCUT2D eigenvalue weighted by molar-refractivity contribution is -0.117. The van der Waals surface area contributed by atoms with E-state index in [4.69, 9.17) is 13.6 Å². The molecule has 2 aromatic heterocycles. The Balaban J connectivity index is 1.31. The summed E-state index contributed by atoms with van der Waals surface area (Å²) in [6, 6.07) is 12.9. The van der Waals surface area contributed by atoms with Gasteiger partial charge >= 0.3 is 0 Å². The Morgan fingerprint density at radius 2 is 2.00 bits per heavy atom. The number of anilines is 2. The molecular weight excluding hydrogens is 398 g/mol. The van der Waals surface area contributed by atoms with Crippen molar-refractivity contribution in [2.45, 2.75) is 6.92 Å². The van der Waals surface area contributed by atoms with E-state index in [1.54, 1.807) is 12.1 Å². The lowest BCUT2D eigenvalue weighted by Crippen LogP contribution is -2.48. The maximum atomic E-state index is 12.4. The quantitative estimate of drug-likeness (QED) is 0.620. The number of hydrogen-bond donors (Lipinski definition) is 1. The third-order valence-electron chi connectivity index (χ3n) is 4.92. The third-order valence-corrected chi connectivity index (χ3v) is 4.92. The van der Waals surface area contributed by atoms with Crippen molar-refractivity contribution >= 4 is 17.5 Å². The molecule has 0 atom stereocenters. The Bertz CT molecular complexity index is 1040. The van der Waals surface area contributed by atoms with Crippen molar-refractivity contribution in [2.24, 2.45) is 0 Å². The van der Waals surface area contributed by atoms with Gasteiger partial charge in [0, 0.05) is 31.9 Å². The number of nitrogens with zero attached hydrogens (tertiary/aromatic N) is 4. The molecule has 0 aliphatic carbocycles. The van der Waals surface area contributed by atoms with Crippen molar-refractivity contribution in [3.05, 3.63) is 48.4 Å². The minimum absolute atomic E-state index is 0.0740. The second-order valence-corrected chi connectivity index (χ2v) is 7.03. The van der Waals surface area contributed by atoms with E-state index in [2.05, 4.69) is 21.3 Å². The molecule has 1 aliphatic rings. The number of nitriles is 1. The fraction of sp³-hybridized carbons (Fsp3) is 0.318.